The Balaban J connectivity index is 1.99. The van der Waals surface area contributed by atoms with Crippen LogP contribution in [0.1, 0.15) is 30.7 Å². The van der Waals surface area contributed by atoms with Gasteiger partial charge in [-0.3, -0.25) is 0 Å². The van der Waals surface area contributed by atoms with E-state index in [1.807, 2.05) is 19.1 Å². The van der Waals surface area contributed by atoms with Gasteiger partial charge in [0.15, 0.2) is 11.6 Å². The number of benzene rings is 1. The summed E-state index contributed by atoms with van der Waals surface area (Å²) in [6, 6.07) is 7.72. The Kier molecular flexibility index (Phi) is 4.10. The predicted molar refractivity (Wildman–Crippen MR) is 64.9 cm³/mol. The van der Waals surface area contributed by atoms with Crippen molar-refractivity contribution in [3.63, 3.8) is 0 Å². The summed E-state index contributed by atoms with van der Waals surface area (Å²) >= 11 is 0. The standard InChI is InChI=1S/C14H15F2NO/c1-2-13(14-4-3-7-18-14)17-9-10-5-6-11(15)12(16)8-10/h3-8,13,17H,2,9H2,1H3. The van der Waals surface area contributed by atoms with E-state index in [2.05, 4.69) is 5.32 Å². The SMILES string of the molecule is CCC(NCc1ccc(F)c(F)c1)c1ccco1. The molecule has 0 fully saturated rings. The first-order chi connectivity index (χ1) is 8.70. The molecule has 1 N–H and O–H groups in total. The molecule has 2 nitrogen and oxygen atoms in total. The van der Waals surface area contributed by atoms with E-state index in [-0.39, 0.29) is 6.04 Å². The Morgan fingerprint density at radius 3 is 2.67 bits per heavy atom. The normalized spacial score (nSPS) is 12.6. The highest BCUT2D eigenvalue weighted by Crippen LogP contribution is 2.18. The van der Waals surface area contributed by atoms with Gasteiger partial charge in [0.1, 0.15) is 5.76 Å². The second-order valence-electron chi connectivity index (χ2n) is 4.11. The first-order valence-corrected chi connectivity index (χ1v) is 5.91. The first kappa shape index (κ1) is 12.8. The lowest BCUT2D eigenvalue weighted by Gasteiger charge is -2.14. The van der Waals surface area contributed by atoms with Gasteiger partial charge in [-0.15, -0.1) is 0 Å². The molecule has 96 valence electrons. The third kappa shape index (κ3) is 2.96. The minimum absolute atomic E-state index is 0.0770. The van der Waals surface area contributed by atoms with Gasteiger partial charge in [-0.1, -0.05) is 13.0 Å². The van der Waals surface area contributed by atoms with E-state index in [9.17, 15) is 8.78 Å². The zero-order valence-electron chi connectivity index (χ0n) is 10.1. The molecule has 0 radical (unpaired) electrons. The van der Waals surface area contributed by atoms with Crippen molar-refractivity contribution in [2.45, 2.75) is 25.9 Å². The number of halogens is 2. The highest BCUT2D eigenvalue weighted by atomic mass is 19.2. The molecule has 2 aromatic rings. The van der Waals surface area contributed by atoms with Crippen LogP contribution in [0.25, 0.3) is 0 Å². The van der Waals surface area contributed by atoms with Crippen LogP contribution in [0.15, 0.2) is 41.0 Å². The summed E-state index contributed by atoms with van der Waals surface area (Å²) in [5.74, 6) is -0.794. The van der Waals surface area contributed by atoms with Gasteiger partial charge in [0.05, 0.1) is 12.3 Å². The Morgan fingerprint density at radius 2 is 2.06 bits per heavy atom. The lowest BCUT2D eigenvalue weighted by atomic mass is 10.1. The minimum atomic E-state index is -0.822. The van der Waals surface area contributed by atoms with Crippen molar-refractivity contribution in [1.29, 1.82) is 0 Å². The van der Waals surface area contributed by atoms with Crippen molar-refractivity contribution in [2.75, 3.05) is 0 Å². The summed E-state index contributed by atoms with van der Waals surface area (Å²) in [5.41, 5.74) is 0.707. The van der Waals surface area contributed by atoms with Gasteiger partial charge in [0.2, 0.25) is 0 Å². The highest BCUT2D eigenvalue weighted by Gasteiger charge is 2.11. The summed E-state index contributed by atoms with van der Waals surface area (Å²) in [6.45, 7) is 2.50. The van der Waals surface area contributed by atoms with Crippen molar-refractivity contribution in [1.82, 2.24) is 5.32 Å². The third-order valence-electron chi connectivity index (χ3n) is 2.83. The molecule has 1 heterocycles. The molecule has 0 aliphatic carbocycles. The van der Waals surface area contributed by atoms with Gasteiger partial charge in [0, 0.05) is 6.54 Å². The molecule has 0 saturated carbocycles. The zero-order valence-corrected chi connectivity index (χ0v) is 10.1. The second kappa shape index (κ2) is 5.78. The smallest absolute Gasteiger partial charge is 0.159 e. The fourth-order valence-electron chi connectivity index (χ4n) is 1.83. The van der Waals surface area contributed by atoms with E-state index in [0.717, 1.165) is 18.2 Å². The number of nitrogens with one attached hydrogen (secondary N) is 1. The molecule has 0 aliphatic heterocycles. The topological polar surface area (TPSA) is 25.2 Å². The fourth-order valence-corrected chi connectivity index (χ4v) is 1.83. The summed E-state index contributed by atoms with van der Waals surface area (Å²) in [7, 11) is 0. The van der Waals surface area contributed by atoms with Crippen molar-refractivity contribution in [2.24, 2.45) is 0 Å². The van der Waals surface area contributed by atoms with E-state index in [4.69, 9.17) is 4.42 Å². The summed E-state index contributed by atoms with van der Waals surface area (Å²) < 4.78 is 31.1. The fraction of sp³-hybridized carbons (Fsp3) is 0.286. The minimum Gasteiger partial charge on any atom is -0.468 e. The Bertz CT molecular complexity index is 497. The Labute approximate surface area is 105 Å². The molecule has 2 rings (SSSR count). The van der Waals surface area contributed by atoms with Crippen LogP contribution in [0.2, 0.25) is 0 Å². The molecule has 0 saturated heterocycles. The van der Waals surface area contributed by atoms with Gasteiger partial charge in [-0.25, -0.2) is 8.78 Å². The molecule has 1 unspecified atom stereocenters. The first-order valence-electron chi connectivity index (χ1n) is 5.91. The summed E-state index contributed by atoms with van der Waals surface area (Å²) in [6.07, 6.45) is 2.48. The van der Waals surface area contributed by atoms with Crippen LogP contribution >= 0.6 is 0 Å². The quantitative estimate of drug-likeness (QED) is 0.874. The van der Waals surface area contributed by atoms with Crippen LogP contribution < -0.4 is 5.32 Å². The van der Waals surface area contributed by atoms with Crippen LogP contribution in [-0.4, -0.2) is 0 Å². The van der Waals surface area contributed by atoms with Crippen molar-refractivity contribution < 1.29 is 13.2 Å². The van der Waals surface area contributed by atoms with E-state index >= 15 is 0 Å². The van der Waals surface area contributed by atoms with Crippen molar-refractivity contribution >= 4 is 0 Å². The van der Waals surface area contributed by atoms with Crippen LogP contribution in [0.4, 0.5) is 8.78 Å². The molecule has 0 spiro atoms. The third-order valence-corrected chi connectivity index (χ3v) is 2.83. The molecule has 1 atom stereocenters. The van der Waals surface area contributed by atoms with E-state index < -0.39 is 11.6 Å². The Morgan fingerprint density at radius 1 is 1.22 bits per heavy atom. The molecule has 0 bridgehead atoms. The number of furan rings is 1. The summed E-state index contributed by atoms with van der Waals surface area (Å²) in [4.78, 5) is 0. The maximum Gasteiger partial charge on any atom is 0.159 e. The average molecular weight is 251 g/mol. The molecule has 0 amide bonds. The van der Waals surface area contributed by atoms with Crippen LogP contribution in [0, 0.1) is 11.6 Å². The lowest BCUT2D eigenvalue weighted by molar-refractivity contribution is 0.402. The van der Waals surface area contributed by atoms with Crippen LogP contribution in [0.3, 0.4) is 0 Å². The molecule has 4 heteroatoms. The monoisotopic (exact) mass is 251 g/mol. The van der Waals surface area contributed by atoms with E-state index in [1.54, 1.807) is 12.3 Å². The predicted octanol–water partition coefficient (Wildman–Crippen LogP) is 3.80. The Hall–Kier alpha value is -1.68. The van der Waals surface area contributed by atoms with Gasteiger partial charge in [-0.05, 0) is 36.2 Å². The zero-order chi connectivity index (χ0) is 13.0. The highest BCUT2D eigenvalue weighted by molar-refractivity contribution is 5.18. The van der Waals surface area contributed by atoms with Crippen molar-refractivity contribution in [3.05, 3.63) is 59.6 Å². The van der Waals surface area contributed by atoms with Gasteiger partial charge >= 0.3 is 0 Å². The van der Waals surface area contributed by atoms with Crippen molar-refractivity contribution in [3.8, 4) is 0 Å². The molecular weight excluding hydrogens is 236 g/mol. The van der Waals surface area contributed by atoms with E-state index in [1.165, 1.54) is 6.07 Å². The maximum atomic E-state index is 13.0. The van der Waals surface area contributed by atoms with Gasteiger partial charge in [0.25, 0.3) is 0 Å². The van der Waals surface area contributed by atoms with Crippen LogP contribution in [-0.2, 0) is 6.54 Å². The number of hydrogen-bond acceptors (Lipinski definition) is 2. The second-order valence-corrected chi connectivity index (χ2v) is 4.11. The van der Waals surface area contributed by atoms with Crippen LogP contribution in [0.5, 0.6) is 0 Å². The number of hydrogen-bond donors (Lipinski definition) is 1. The average Bonchev–Trinajstić information content (AvgIpc) is 2.88. The number of rotatable bonds is 5. The molecule has 18 heavy (non-hydrogen) atoms. The maximum absolute atomic E-state index is 13.0. The largest absolute Gasteiger partial charge is 0.468 e. The van der Waals surface area contributed by atoms with E-state index in [0.29, 0.717) is 12.1 Å². The lowest BCUT2D eigenvalue weighted by Crippen LogP contribution is -2.19. The molecule has 1 aromatic carbocycles. The molecular formula is C14H15F2NO. The molecule has 0 aliphatic rings. The van der Waals surface area contributed by atoms with Gasteiger partial charge < -0.3 is 9.73 Å². The van der Waals surface area contributed by atoms with Gasteiger partial charge in [-0.2, -0.15) is 0 Å². The molecule has 1 aromatic heterocycles. The summed E-state index contributed by atoms with van der Waals surface area (Å²) in [5, 5.41) is 3.25.